The Morgan fingerprint density at radius 2 is 2.21 bits per heavy atom. The molecule has 19 heavy (non-hydrogen) atoms. The maximum atomic E-state index is 4.37. The number of aromatic amines is 1. The minimum atomic E-state index is 0.369. The highest BCUT2D eigenvalue weighted by Crippen LogP contribution is 2.32. The summed E-state index contributed by atoms with van der Waals surface area (Å²) in [6.07, 6.45) is 1.60. The number of aromatic nitrogens is 6. The molecule has 1 aliphatic rings. The molecular weight excluding hydrogens is 262 g/mol. The Balaban J connectivity index is 1.58. The molecule has 4 heterocycles. The number of thiazole rings is 1. The minimum Gasteiger partial charge on any atom is -0.353 e. The first kappa shape index (κ1) is 10.8. The highest BCUT2D eigenvalue weighted by Gasteiger charge is 2.33. The van der Waals surface area contributed by atoms with Gasteiger partial charge in [-0.25, -0.2) is 19.9 Å². The molecular formula is C11H11N7S. The van der Waals surface area contributed by atoms with Crippen LogP contribution in [0.25, 0.3) is 10.3 Å². The molecule has 3 aromatic heterocycles. The first-order chi connectivity index (χ1) is 9.31. The van der Waals surface area contributed by atoms with E-state index in [-0.39, 0.29) is 0 Å². The number of aryl methyl sites for hydroxylation is 1. The smallest absolute Gasteiger partial charge is 0.159 e. The summed E-state index contributed by atoms with van der Waals surface area (Å²) in [4.78, 5) is 20.4. The first-order valence-electron chi connectivity index (χ1n) is 5.99. The van der Waals surface area contributed by atoms with Crippen LogP contribution in [-0.4, -0.2) is 43.2 Å². The molecule has 0 amide bonds. The molecule has 0 radical (unpaired) electrons. The summed E-state index contributed by atoms with van der Waals surface area (Å²) in [5.41, 5.74) is 2.69. The maximum absolute atomic E-state index is 4.37. The largest absolute Gasteiger partial charge is 0.353 e. The molecule has 4 rings (SSSR count). The summed E-state index contributed by atoms with van der Waals surface area (Å²) >= 11 is 1.54. The minimum absolute atomic E-state index is 0.369. The first-order valence-corrected chi connectivity index (χ1v) is 6.87. The number of hydrogen-bond donors (Lipinski definition) is 1. The van der Waals surface area contributed by atoms with Crippen molar-refractivity contribution in [3.8, 4) is 0 Å². The van der Waals surface area contributed by atoms with Gasteiger partial charge in [-0.3, -0.25) is 5.10 Å². The molecule has 0 atom stereocenters. The van der Waals surface area contributed by atoms with Crippen molar-refractivity contribution in [2.45, 2.75) is 12.8 Å². The second-order valence-electron chi connectivity index (χ2n) is 4.58. The third kappa shape index (κ3) is 1.67. The summed E-state index contributed by atoms with van der Waals surface area (Å²) < 4.78 is 0. The molecule has 0 bridgehead atoms. The molecule has 0 unspecified atom stereocenters. The molecule has 0 aliphatic carbocycles. The van der Waals surface area contributed by atoms with E-state index in [0.29, 0.717) is 5.92 Å². The quantitative estimate of drug-likeness (QED) is 0.753. The van der Waals surface area contributed by atoms with Crippen molar-refractivity contribution >= 4 is 27.5 Å². The summed E-state index contributed by atoms with van der Waals surface area (Å²) in [6, 6.07) is 0. The number of nitrogens with one attached hydrogen (secondary N) is 1. The van der Waals surface area contributed by atoms with E-state index in [9.17, 15) is 0 Å². The topological polar surface area (TPSA) is 83.5 Å². The number of anilines is 1. The van der Waals surface area contributed by atoms with E-state index in [1.165, 1.54) is 11.3 Å². The fourth-order valence-corrected chi connectivity index (χ4v) is 2.89. The van der Waals surface area contributed by atoms with Gasteiger partial charge in [-0.1, -0.05) is 0 Å². The maximum Gasteiger partial charge on any atom is 0.159 e. The van der Waals surface area contributed by atoms with Gasteiger partial charge in [0.1, 0.15) is 22.5 Å². The average Bonchev–Trinajstić information content (AvgIpc) is 2.96. The molecule has 0 spiro atoms. The summed E-state index contributed by atoms with van der Waals surface area (Å²) in [5.74, 6) is 3.03. The van der Waals surface area contributed by atoms with Crippen LogP contribution in [0.3, 0.4) is 0 Å². The van der Waals surface area contributed by atoms with Crippen LogP contribution in [0.2, 0.25) is 0 Å². The van der Waals surface area contributed by atoms with E-state index >= 15 is 0 Å². The molecule has 1 fully saturated rings. The van der Waals surface area contributed by atoms with Gasteiger partial charge in [0.15, 0.2) is 11.6 Å². The Morgan fingerprint density at radius 3 is 3.00 bits per heavy atom. The number of H-pyrrole nitrogens is 1. The van der Waals surface area contributed by atoms with Crippen molar-refractivity contribution in [1.29, 1.82) is 0 Å². The molecule has 8 heteroatoms. The fourth-order valence-electron chi connectivity index (χ4n) is 2.27. The lowest BCUT2D eigenvalue weighted by molar-refractivity contribution is 0.498. The van der Waals surface area contributed by atoms with Gasteiger partial charge < -0.3 is 4.90 Å². The van der Waals surface area contributed by atoms with E-state index in [1.54, 1.807) is 11.8 Å². The van der Waals surface area contributed by atoms with Crippen molar-refractivity contribution in [1.82, 2.24) is 30.1 Å². The predicted octanol–water partition coefficient (Wildman–Crippen LogP) is 1.12. The molecule has 0 saturated carbocycles. The monoisotopic (exact) mass is 273 g/mol. The van der Waals surface area contributed by atoms with Crippen LogP contribution in [0, 0.1) is 6.92 Å². The van der Waals surface area contributed by atoms with E-state index < -0.39 is 0 Å². The highest BCUT2D eigenvalue weighted by atomic mass is 32.1. The highest BCUT2D eigenvalue weighted by molar-refractivity contribution is 7.16. The molecule has 96 valence electrons. The van der Waals surface area contributed by atoms with Gasteiger partial charge in [-0.2, -0.15) is 5.10 Å². The van der Waals surface area contributed by atoms with Crippen molar-refractivity contribution < 1.29 is 0 Å². The zero-order chi connectivity index (χ0) is 12.8. The van der Waals surface area contributed by atoms with Crippen molar-refractivity contribution in [2.24, 2.45) is 0 Å². The molecule has 3 aromatic rings. The lowest BCUT2D eigenvalue weighted by atomic mass is 9.99. The number of rotatable bonds is 2. The van der Waals surface area contributed by atoms with E-state index in [1.807, 2.05) is 6.92 Å². The molecule has 1 saturated heterocycles. The third-order valence-corrected chi connectivity index (χ3v) is 4.01. The number of fused-ring (bicyclic) bond motifs is 1. The second kappa shape index (κ2) is 3.95. The zero-order valence-corrected chi connectivity index (χ0v) is 11.1. The Morgan fingerprint density at radius 1 is 1.32 bits per heavy atom. The molecule has 1 aliphatic heterocycles. The van der Waals surface area contributed by atoms with E-state index in [0.717, 1.165) is 40.9 Å². The lowest BCUT2D eigenvalue weighted by Crippen LogP contribution is -2.46. The van der Waals surface area contributed by atoms with Crippen LogP contribution < -0.4 is 4.90 Å². The molecule has 0 aromatic carbocycles. The fraction of sp³-hybridized carbons (Fsp3) is 0.364. The number of hydrogen-bond acceptors (Lipinski definition) is 7. The molecule has 1 N–H and O–H groups in total. The summed E-state index contributed by atoms with van der Waals surface area (Å²) in [7, 11) is 0. The predicted molar refractivity (Wildman–Crippen MR) is 71.3 cm³/mol. The summed E-state index contributed by atoms with van der Waals surface area (Å²) in [5, 5.41) is 7.09. The van der Waals surface area contributed by atoms with E-state index in [2.05, 4.69) is 35.0 Å². The number of nitrogens with zero attached hydrogens (tertiary/aromatic N) is 6. The van der Waals surface area contributed by atoms with Gasteiger partial charge in [0.05, 0.1) is 11.4 Å². The van der Waals surface area contributed by atoms with Gasteiger partial charge in [0.2, 0.25) is 0 Å². The standard InChI is InChI=1S/C11H11N7S/c1-6-15-9(17-16-6)7-2-18(3-7)10-8-11(13-4-12-10)19-5-14-8/h4-5,7H,2-3H2,1H3,(H,15,16,17). The zero-order valence-electron chi connectivity index (χ0n) is 10.2. The van der Waals surface area contributed by atoms with Crippen molar-refractivity contribution in [3.63, 3.8) is 0 Å². The van der Waals surface area contributed by atoms with Gasteiger partial charge in [-0.15, -0.1) is 11.3 Å². The Kier molecular flexibility index (Phi) is 2.25. The van der Waals surface area contributed by atoms with Crippen molar-refractivity contribution in [2.75, 3.05) is 18.0 Å². The van der Waals surface area contributed by atoms with Crippen molar-refractivity contribution in [3.05, 3.63) is 23.5 Å². The van der Waals surface area contributed by atoms with E-state index in [4.69, 9.17) is 0 Å². The Labute approximate surface area is 112 Å². The van der Waals surface area contributed by atoms with Crippen LogP contribution >= 0.6 is 11.3 Å². The van der Waals surface area contributed by atoms with Gasteiger partial charge in [-0.05, 0) is 6.92 Å². The second-order valence-corrected chi connectivity index (χ2v) is 5.42. The average molecular weight is 273 g/mol. The van der Waals surface area contributed by atoms with Gasteiger partial charge in [0.25, 0.3) is 0 Å². The Hall–Kier alpha value is -2.09. The van der Waals surface area contributed by atoms with Crippen LogP contribution in [0.4, 0.5) is 5.82 Å². The SMILES string of the molecule is Cc1nc(C2CN(c3ncnc4scnc34)C2)n[nH]1. The van der Waals surface area contributed by atoms with Gasteiger partial charge >= 0.3 is 0 Å². The van der Waals surface area contributed by atoms with Crippen LogP contribution in [0.15, 0.2) is 11.8 Å². The van der Waals surface area contributed by atoms with Crippen LogP contribution in [0.5, 0.6) is 0 Å². The lowest BCUT2D eigenvalue weighted by Gasteiger charge is -2.38. The molecule has 7 nitrogen and oxygen atoms in total. The van der Waals surface area contributed by atoms with Crippen LogP contribution in [-0.2, 0) is 0 Å². The normalized spacial score (nSPS) is 15.9. The van der Waals surface area contributed by atoms with Crippen LogP contribution in [0.1, 0.15) is 17.6 Å². The van der Waals surface area contributed by atoms with Gasteiger partial charge in [0, 0.05) is 13.1 Å². The summed E-state index contributed by atoms with van der Waals surface area (Å²) in [6.45, 7) is 3.66. The Bertz CT molecular complexity index is 727. The third-order valence-electron chi connectivity index (χ3n) is 3.28.